The lowest BCUT2D eigenvalue weighted by atomic mass is 10.1. The number of nitrogens with zero attached hydrogens (tertiary/aromatic N) is 1. The molecule has 0 fully saturated rings. The van der Waals surface area contributed by atoms with Crippen molar-refractivity contribution in [3.05, 3.63) is 29.5 Å². The number of aromatic amines is 1. The van der Waals surface area contributed by atoms with Crippen molar-refractivity contribution in [2.24, 2.45) is 5.73 Å². The van der Waals surface area contributed by atoms with Crippen LogP contribution in [0.4, 0.5) is 0 Å². The molecule has 0 saturated carbocycles. The van der Waals surface area contributed by atoms with Crippen LogP contribution >= 0.6 is 0 Å². The summed E-state index contributed by atoms with van der Waals surface area (Å²) in [4.78, 5) is 21.6. The van der Waals surface area contributed by atoms with Gasteiger partial charge in [-0.3, -0.25) is 9.89 Å². The number of benzene rings is 1. The van der Waals surface area contributed by atoms with Gasteiger partial charge < -0.3 is 15.9 Å². The Balaban J connectivity index is 0.000000492. The molecule has 5 N–H and O–H groups in total. The van der Waals surface area contributed by atoms with Crippen molar-refractivity contribution in [2.75, 3.05) is 6.61 Å². The summed E-state index contributed by atoms with van der Waals surface area (Å²) in [7, 11) is 0. The quantitative estimate of drug-likeness (QED) is 0.612. The summed E-state index contributed by atoms with van der Waals surface area (Å²) in [5.74, 6) is -1.68. The third-order valence-electron chi connectivity index (χ3n) is 2.04. The molecular weight excluding hydrogens is 238 g/mol. The molecule has 0 radical (unpaired) electrons. The van der Waals surface area contributed by atoms with Gasteiger partial charge in [0.1, 0.15) is 0 Å². The number of primary amides is 1. The molecule has 1 aromatic carbocycles. The summed E-state index contributed by atoms with van der Waals surface area (Å²) in [6.45, 7) is 1.93. The van der Waals surface area contributed by atoms with Crippen LogP contribution in [0.3, 0.4) is 0 Å². The first-order chi connectivity index (χ1) is 8.51. The highest BCUT2D eigenvalue weighted by Crippen LogP contribution is 2.17. The van der Waals surface area contributed by atoms with Gasteiger partial charge in [0.05, 0.1) is 11.1 Å². The smallest absolute Gasteiger partial charge is 0.335 e. The number of carbonyl (C=O) groups excluding carboxylic acids is 1. The van der Waals surface area contributed by atoms with E-state index in [1.54, 1.807) is 6.92 Å². The van der Waals surface area contributed by atoms with Gasteiger partial charge in [0.2, 0.25) is 0 Å². The monoisotopic (exact) mass is 251 g/mol. The Labute approximate surface area is 102 Å². The van der Waals surface area contributed by atoms with Gasteiger partial charge in [-0.2, -0.15) is 5.10 Å². The van der Waals surface area contributed by atoms with Crippen LogP contribution in [0.15, 0.2) is 18.2 Å². The molecule has 0 spiro atoms. The van der Waals surface area contributed by atoms with Crippen LogP contribution in [-0.4, -0.2) is 38.9 Å². The molecule has 0 unspecified atom stereocenters. The fourth-order valence-corrected chi connectivity index (χ4v) is 1.34. The maximum atomic E-state index is 10.9. The van der Waals surface area contributed by atoms with Gasteiger partial charge in [-0.15, -0.1) is 0 Å². The van der Waals surface area contributed by atoms with E-state index in [0.29, 0.717) is 10.9 Å². The van der Waals surface area contributed by atoms with E-state index in [0.717, 1.165) is 0 Å². The largest absolute Gasteiger partial charge is 0.478 e. The van der Waals surface area contributed by atoms with E-state index in [2.05, 4.69) is 10.2 Å². The number of nitrogens with one attached hydrogen (secondary N) is 1. The molecule has 0 aliphatic carbocycles. The summed E-state index contributed by atoms with van der Waals surface area (Å²) in [5, 5.41) is 23.1. The van der Waals surface area contributed by atoms with Crippen molar-refractivity contribution in [2.45, 2.75) is 6.92 Å². The molecular formula is C11H13N3O4. The zero-order valence-corrected chi connectivity index (χ0v) is 9.67. The molecule has 96 valence electrons. The SMILES string of the molecule is CCO.NC(=O)c1n[nH]c2cc(C(=O)O)ccc12. The molecule has 1 aromatic heterocycles. The predicted octanol–water partition coefficient (Wildman–Crippen LogP) is 0.359. The summed E-state index contributed by atoms with van der Waals surface area (Å²) in [6.07, 6.45) is 0. The molecule has 0 bridgehead atoms. The topological polar surface area (TPSA) is 129 Å². The fraction of sp³-hybridized carbons (Fsp3) is 0.182. The van der Waals surface area contributed by atoms with E-state index in [9.17, 15) is 9.59 Å². The van der Waals surface area contributed by atoms with Crippen LogP contribution < -0.4 is 5.73 Å². The van der Waals surface area contributed by atoms with Crippen LogP contribution in [0.2, 0.25) is 0 Å². The van der Waals surface area contributed by atoms with E-state index < -0.39 is 11.9 Å². The molecule has 2 aromatic rings. The van der Waals surface area contributed by atoms with Gasteiger partial charge >= 0.3 is 5.97 Å². The van der Waals surface area contributed by atoms with Gasteiger partial charge in [-0.05, 0) is 25.1 Å². The van der Waals surface area contributed by atoms with Crippen LogP contribution in [0.25, 0.3) is 10.9 Å². The minimum Gasteiger partial charge on any atom is -0.478 e. The van der Waals surface area contributed by atoms with Crippen LogP contribution in [0.1, 0.15) is 27.8 Å². The summed E-state index contributed by atoms with van der Waals surface area (Å²) < 4.78 is 0. The number of hydrogen-bond donors (Lipinski definition) is 4. The Hall–Kier alpha value is -2.41. The number of rotatable bonds is 2. The predicted molar refractivity (Wildman–Crippen MR) is 64.3 cm³/mol. The number of aromatic carboxylic acids is 1. The highest BCUT2D eigenvalue weighted by atomic mass is 16.4. The standard InChI is InChI=1S/C9H7N3O3.C2H6O/c10-8(13)7-5-2-1-4(9(14)15)3-6(5)11-12-7;1-2-3/h1-3H,(H2,10,13)(H,11,12)(H,14,15);3H,2H2,1H3. The van der Waals surface area contributed by atoms with Gasteiger partial charge in [-0.25, -0.2) is 4.79 Å². The molecule has 2 rings (SSSR count). The lowest BCUT2D eigenvalue weighted by molar-refractivity contribution is 0.0697. The van der Waals surface area contributed by atoms with E-state index in [-0.39, 0.29) is 17.9 Å². The molecule has 0 aliphatic rings. The second kappa shape index (κ2) is 5.78. The van der Waals surface area contributed by atoms with Crippen molar-refractivity contribution in [1.82, 2.24) is 10.2 Å². The number of carboxylic acids is 1. The van der Waals surface area contributed by atoms with Crippen molar-refractivity contribution >= 4 is 22.8 Å². The highest BCUT2D eigenvalue weighted by Gasteiger charge is 2.12. The molecule has 1 heterocycles. The number of amides is 1. The van der Waals surface area contributed by atoms with Gasteiger partial charge in [0.25, 0.3) is 5.91 Å². The van der Waals surface area contributed by atoms with Crippen molar-refractivity contribution in [1.29, 1.82) is 0 Å². The molecule has 18 heavy (non-hydrogen) atoms. The third kappa shape index (κ3) is 2.83. The van der Waals surface area contributed by atoms with E-state index in [4.69, 9.17) is 15.9 Å². The number of aliphatic hydroxyl groups excluding tert-OH is 1. The third-order valence-corrected chi connectivity index (χ3v) is 2.04. The Morgan fingerprint density at radius 1 is 1.44 bits per heavy atom. The Morgan fingerprint density at radius 2 is 2.06 bits per heavy atom. The summed E-state index contributed by atoms with van der Waals surface area (Å²) in [5.41, 5.74) is 5.80. The number of aliphatic hydroxyl groups is 1. The molecule has 0 atom stereocenters. The minimum atomic E-state index is -1.04. The van der Waals surface area contributed by atoms with Gasteiger partial charge in [-0.1, -0.05) is 0 Å². The minimum absolute atomic E-state index is 0.113. The second-order valence-corrected chi connectivity index (χ2v) is 3.32. The Kier molecular flexibility index (Phi) is 4.39. The Bertz CT molecular complexity index is 577. The maximum Gasteiger partial charge on any atom is 0.335 e. The summed E-state index contributed by atoms with van der Waals surface area (Å²) in [6, 6.07) is 4.30. The number of carbonyl (C=O) groups is 2. The Morgan fingerprint density at radius 3 is 2.56 bits per heavy atom. The molecule has 1 amide bonds. The number of carboxylic acid groups (broad SMARTS) is 1. The molecule has 0 aliphatic heterocycles. The lowest BCUT2D eigenvalue weighted by Crippen LogP contribution is -2.11. The van der Waals surface area contributed by atoms with Crippen LogP contribution in [-0.2, 0) is 0 Å². The van der Waals surface area contributed by atoms with Crippen LogP contribution in [0, 0.1) is 0 Å². The maximum absolute atomic E-state index is 10.9. The average molecular weight is 251 g/mol. The fourth-order valence-electron chi connectivity index (χ4n) is 1.34. The first-order valence-electron chi connectivity index (χ1n) is 5.13. The van der Waals surface area contributed by atoms with Gasteiger partial charge in [0, 0.05) is 12.0 Å². The first kappa shape index (κ1) is 13.7. The molecule has 7 nitrogen and oxygen atoms in total. The number of H-pyrrole nitrogens is 1. The van der Waals surface area contributed by atoms with E-state index in [1.807, 2.05) is 0 Å². The van der Waals surface area contributed by atoms with E-state index in [1.165, 1.54) is 18.2 Å². The summed E-state index contributed by atoms with van der Waals surface area (Å²) >= 11 is 0. The zero-order valence-electron chi connectivity index (χ0n) is 9.67. The number of aromatic nitrogens is 2. The highest BCUT2D eigenvalue weighted by molar-refractivity contribution is 6.05. The molecule has 7 heteroatoms. The van der Waals surface area contributed by atoms with Crippen molar-refractivity contribution in [3.8, 4) is 0 Å². The molecule has 0 saturated heterocycles. The van der Waals surface area contributed by atoms with E-state index >= 15 is 0 Å². The average Bonchev–Trinajstić information content (AvgIpc) is 2.72. The number of nitrogens with two attached hydrogens (primary N) is 1. The van der Waals surface area contributed by atoms with Gasteiger partial charge in [0.15, 0.2) is 5.69 Å². The zero-order chi connectivity index (χ0) is 13.7. The van der Waals surface area contributed by atoms with Crippen molar-refractivity contribution < 1.29 is 19.8 Å². The lowest BCUT2D eigenvalue weighted by Gasteiger charge is -1.94. The second-order valence-electron chi connectivity index (χ2n) is 3.32. The first-order valence-corrected chi connectivity index (χ1v) is 5.13. The number of hydrogen-bond acceptors (Lipinski definition) is 4. The van der Waals surface area contributed by atoms with Crippen molar-refractivity contribution in [3.63, 3.8) is 0 Å². The number of fused-ring (bicyclic) bond motifs is 1. The normalized spacial score (nSPS) is 9.67. The van der Waals surface area contributed by atoms with Crippen LogP contribution in [0.5, 0.6) is 0 Å².